The van der Waals surface area contributed by atoms with E-state index in [9.17, 15) is 15.3 Å². The Morgan fingerprint density at radius 2 is 1.96 bits per heavy atom. The molecular formula is C18H21ClN6O3. The zero-order valence-electron chi connectivity index (χ0n) is 15.1. The molecule has 28 heavy (non-hydrogen) atoms. The second kappa shape index (κ2) is 6.85. The molecule has 0 spiro atoms. The zero-order valence-corrected chi connectivity index (χ0v) is 15.8. The van der Waals surface area contributed by atoms with Crippen molar-refractivity contribution < 1.29 is 15.3 Å². The van der Waals surface area contributed by atoms with Crippen molar-refractivity contribution in [1.29, 1.82) is 0 Å². The highest BCUT2D eigenvalue weighted by atomic mass is 35.5. The van der Waals surface area contributed by atoms with Gasteiger partial charge in [0.05, 0.1) is 30.4 Å². The average molecular weight is 405 g/mol. The van der Waals surface area contributed by atoms with Crippen molar-refractivity contribution in [2.75, 3.05) is 0 Å². The second-order valence-corrected chi connectivity index (χ2v) is 7.69. The summed E-state index contributed by atoms with van der Waals surface area (Å²) < 4.78 is 1.72. The lowest BCUT2D eigenvalue weighted by Crippen LogP contribution is -2.39. The van der Waals surface area contributed by atoms with Crippen LogP contribution in [0, 0.1) is 5.92 Å². The fourth-order valence-corrected chi connectivity index (χ4v) is 4.20. The maximum atomic E-state index is 11.2. The molecule has 1 aromatic carbocycles. The zero-order chi connectivity index (χ0) is 20.1. The van der Waals surface area contributed by atoms with Crippen molar-refractivity contribution in [2.24, 2.45) is 16.9 Å². The molecule has 4 rings (SSSR count). The molecule has 6 N–H and O–H groups in total. The first kappa shape index (κ1) is 18.9. The molecule has 2 heterocycles. The number of hydrogen-bond donors (Lipinski definition) is 5. The van der Waals surface area contributed by atoms with Crippen LogP contribution < -0.4 is 11.3 Å². The van der Waals surface area contributed by atoms with Crippen LogP contribution >= 0.6 is 11.6 Å². The highest BCUT2D eigenvalue weighted by molar-refractivity contribution is 6.30. The van der Waals surface area contributed by atoms with Gasteiger partial charge in [-0.2, -0.15) is 5.10 Å². The van der Waals surface area contributed by atoms with Crippen LogP contribution in [0.2, 0.25) is 5.02 Å². The van der Waals surface area contributed by atoms with Crippen LogP contribution in [-0.2, 0) is 5.60 Å². The van der Waals surface area contributed by atoms with Gasteiger partial charge in [0.15, 0.2) is 5.52 Å². The van der Waals surface area contributed by atoms with Gasteiger partial charge in [0.1, 0.15) is 11.8 Å². The summed E-state index contributed by atoms with van der Waals surface area (Å²) in [6.07, 6.45) is 1.08. The number of nitrogens with zero attached hydrogens (tertiary/aromatic N) is 4. The molecule has 3 aromatic rings. The third-order valence-corrected chi connectivity index (χ3v) is 5.93. The number of imidazole rings is 1. The molecule has 5 atom stereocenters. The van der Waals surface area contributed by atoms with Crippen LogP contribution in [-0.4, -0.2) is 47.0 Å². The number of hydrogen-bond acceptors (Lipinski definition) is 7. The van der Waals surface area contributed by atoms with Gasteiger partial charge in [0.25, 0.3) is 0 Å². The molecular weight excluding hydrogens is 384 g/mol. The number of aromatic amines is 1. The Kier molecular flexibility index (Phi) is 4.62. The Balaban J connectivity index is 1.72. The highest BCUT2D eigenvalue weighted by Gasteiger charge is 2.50. The molecule has 1 unspecified atom stereocenters. The molecule has 9 nitrogen and oxygen atoms in total. The Bertz CT molecular complexity index is 1060. The Labute approximate surface area is 165 Å². The largest absolute Gasteiger partial charge is 0.390 e. The quantitative estimate of drug-likeness (QED) is 0.315. The van der Waals surface area contributed by atoms with E-state index in [-0.39, 0.29) is 5.49 Å². The van der Waals surface area contributed by atoms with Crippen molar-refractivity contribution in [3.63, 3.8) is 0 Å². The average Bonchev–Trinajstić information content (AvgIpc) is 3.24. The van der Waals surface area contributed by atoms with Crippen molar-refractivity contribution >= 4 is 22.8 Å². The molecule has 0 amide bonds. The van der Waals surface area contributed by atoms with E-state index in [2.05, 4.69) is 20.1 Å². The monoisotopic (exact) mass is 404 g/mol. The molecule has 0 aliphatic heterocycles. The number of aliphatic hydroxyl groups is 3. The summed E-state index contributed by atoms with van der Waals surface area (Å²) >= 11 is 5.94. The molecule has 0 saturated heterocycles. The standard InChI is InChI=1S/C18H21ClN6O3/c1-18(28,9-2-4-10(19)5-3-9)11-6-12(15(27)14(11)26)25-8-23-13-16(24-20)21-7-22-17(13)25/h2-5,7-8,11-12,14-15,26-28H,6,20H2,1H3,(H,21,22,24)/t11-,12+,14+,15-,18?/m0/s1. The number of rotatable bonds is 3. The van der Waals surface area contributed by atoms with Gasteiger partial charge >= 0.3 is 0 Å². The Morgan fingerprint density at radius 3 is 2.64 bits per heavy atom. The van der Waals surface area contributed by atoms with Gasteiger partial charge in [-0.05, 0) is 31.0 Å². The topological polar surface area (TPSA) is 146 Å². The van der Waals surface area contributed by atoms with Crippen LogP contribution in [0.15, 0.2) is 42.0 Å². The van der Waals surface area contributed by atoms with Gasteiger partial charge in [0, 0.05) is 10.9 Å². The van der Waals surface area contributed by atoms with E-state index < -0.39 is 29.8 Å². The minimum Gasteiger partial charge on any atom is -0.390 e. The lowest BCUT2D eigenvalue weighted by atomic mass is 9.80. The molecule has 0 bridgehead atoms. The van der Waals surface area contributed by atoms with E-state index in [1.165, 1.54) is 12.7 Å². The number of nitrogens with two attached hydrogens (primary N) is 1. The first-order valence-electron chi connectivity index (χ1n) is 8.83. The molecule has 1 fully saturated rings. The van der Waals surface area contributed by atoms with Gasteiger partial charge in [-0.15, -0.1) is 0 Å². The summed E-state index contributed by atoms with van der Waals surface area (Å²) in [6, 6.07) is 6.30. The van der Waals surface area contributed by atoms with E-state index in [1.807, 2.05) is 0 Å². The van der Waals surface area contributed by atoms with Gasteiger partial charge in [0.2, 0.25) is 5.49 Å². The maximum absolute atomic E-state index is 11.2. The van der Waals surface area contributed by atoms with Crippen LogP contribution in [0.4, 0.5) is 0 Å². The van der Waals surface area contributed by atoms with E-state index in [4.69, 9.17) is 17.4 Å². The van der Waals surface area contributed by atoms with Crippen molar-refractivity contribution in [2.45, 2.75) is 37.2 Å². The second-order valence-electron chi connectivity index (χ2n) is 7.25. The number of fused-ring (bicyclic) bond motifs is 1. The molecule has 148 valence electrons. The molecule has 0 radical (unpaired) electrons. The van der Waals surface area contributed by atoms with Crippen LogP contribution in [0.25, 0.3) is 11.2 Å². The summed E-state index contributed by atoms with van der Waals surface area (Å²) in [5.41, 5.74) is 0.551. The summed E-state index contributed by atoms with van der Waals surface area (Å²) in [6.45, 7) is 1.63. The fourth-order valence-electron chi connectivity index (χ4n) is 4.08. The smallest absolute Gasteiger partial charge is 0.202 e. The predicted molar refractivity (Wildman–Crippen MR) is 102 cm³/mol. The molecule has 1 aliphatic carbocycles. The van der Waals surface area contributed by atoms with E-state index >= 15 is 0 Å². The Morgan fingerprint density at radius 1 is 1.25 bits per heavy atom. The summed E-state index contributed by atoms with van der Waals surface area (Å²) in [5.74, 6) is 4.74. The van der Waals surface area contributed by atoms with Crippen molar-refractivity contribution in [1.82, 2.24) is 19.5 Å². The number of halogens is 1. The van der Waals surface area contributed by atoms with Gasteiger partial charge in [-0.25, -0.2) is 9.97 Å². The molecule has 10 heteroatoms. The number of aliphatic hydroxyl groups excluding tert-OH is 2. The third kappa shape index (κ3) is 2.87. The van der Waals surface area contributed by atoms with Gasteiger partial charge in [-0.3, -0.25) is 0 Å². The van der Waals surface area contributed by atoms with Crippen LogP contribution in [0.1, 0.15) is 24.9 Å². The minimum absolute atomic E-state index is 0.269. The molecule has 1 saturated carbocycles. The van der Waals surface area contributed by atoms with Crippen molar-refractivity contribution in [3.05, 3.63) is 53.0 Å². The number of H-pyrrole nitrogens is 1. The third-order valence-electron chi connectivity index (χ3n) is 5.68. The molecule has 1 aliphatic rings. The predicted octanol–water partition coefficient (Wildman–Crippen LogP) is 0.378. The fraction of sp³-hybridized carbons (Fsp3) is 0.389. The van der Waals surface area contributed by atoms with Gasteiger partial charge < -0.3 is 30.7 Å². The van der Waals surface area contributed by atoms with E-state index in [0.29, 0.717) is 28.2 Å². The Hall–Kier alpha value is -2.46. The molecule has 2 aromatic heterocycles. The lowest BCUT2D eigenvalue weighted by Gasteiger charge is -2.33. The maximum Gasteiger partial charge on any atom is 0.202 e. The van der Waals surface area contributed by atoms with Gasteiger partial charge in [-0.1, -0.05) is 23.7 Å². The minimum atomic E-state index is -1.36. The lowest BCUT2D eigenvalue weighted by molar-refractivity contribution is -0.0752. The van der Waals surface area contributed by atoms with Crippen LogP contribution in [0.5, 0.6) is 0 Å². The summed E-state index contributed by atoms with van der Waals surface area (Å²) in [7, 11) is 0. The first-order chi connectivity index (χ1) is 13.3. The first-order valence-corrected chi connectivity index (χ1v) is 9.21. The van der Waals surface area contributed by atoms with E-state index in [1.54, 1.807) is 35.8 Å². The SMILES string of the molecule is CC(O)(c1ccc(Cl)cc1)[C@H]1C[C@@H](n2cnc3/c(=N\N)nc[nH]c32)[C@H](O)[C@@H]1O. The number of benzene rings is 1. The van der Waals surface area contributed by atoms with Crippen LogP contribution in [0.3, 0.4) is 0 Å². The normalized spacial score (nSPS) is 28.0. The summed E-state index contributed by atoms with van der Waals surface area (Å²) in [5, 5.41) is 36.8. The number of aromatic nitrogens is 4. The summed E-state index contributed by atoms with van der Waals surface area (Å²) in [4.78, 5) is 11.3. The van der Waals surface area contributed by atoms with Crippen molar-refractivity contribution in [3.8, 4) is 0 Å². The number of nitrogens with one attached hydrogen (secondary N) is 1. The van der Waals surface area contributed by atoms with E-state index in [0.717, 1.165) is 0 Å². The highest BCUT2D eigenvalue weighted by Crippen LogP contribution is 2.45.